The zero-order chi connectivity index (χ0) is 27.5. The van der Waals surface area contributed by atoms with Crippen molar-refractivity contribution in [2.45, 2.75) is 6.42 Å². The van der Waals surface area contributed by atoms with Crippen molar-refractivity contribution in [3.63, 3.8) is 0 Å². The van der Waals surface area contributed by atoms with Gasteiger partial charge in [-0.1, -0.05) is 66.7 Å². The number of aromatic nitrogens is 2. The second-order valence-electron chi connectivity index (χ2n) is 9.43. The molecule has 1 aromatic heterocycles. The summed E-state index contributed by atoms with van der Waals surface area (Å²) >= 11 is 0. The molecule has 0 bridgehead atoms. The van der Waals surface area contributed by atoms with E-state index in [1.54, 1.807) is 18.2 Å². The average Bonchev–Trinajstić information content (AvgIpc) is 3.60. The Morgan fingerprint density at radius 2 is 1.60 bits per heavy atom. The summed E-state index contributed by atoms with van der Waals surface area (Å²) in [5.74, 6) is 0.0888. The Kier molecular flexibility index (Phi) is 6.68. The van der Waals surface area contributed by atoms with E-state index in [4.69, 9.17) is 9.72 Å². The van der Waals surface area contributed by atoms with Gasteiger partial charge in [0.15, 0.2) is 0 Å². The summed E-state index contributed by atoms with van der Waals surface area (Å²) in [7, 11) is 1.33. The third kappa shape index (κ3) is 5.00. The Bertz CT molecular complexity index is 1720. The quantitative estimate of drug-likeness (QED) is 0.169. The zero-order valence-corrected chi connectivity index (χ0v) is 21.8. The number of anilines is 2. The maximum absolute atomic E-state index is 13.2. The van der Waals surface area contributed by atoms with Gasteiger partial charge in [-0.15, -0.1) is 0 Å². The molecular weight excluding hydrogens is 500 g/mol. The van der Waals surface area contributed by atoms with Crippen LogP contribution < -0.4 is 10.6 Å². The lowest BCUT2D eigenvalue weighted by Gasteiger charge is -2.15. The maximum Gasteiger partial charge on any atom is 0.337 e. The van der Waals surface area contributed by atoms with Crippen LogP contribution in [-0.2, 0) is 16.0 Å². The van der Waals surface area contributed by atoms with Crippen LogP contribution in [0.25, 0.3) is 22.7 Å². The molecule has 0 fully saturated rings. The third-order valence-electron chi connectivity index (χ3n) is 6.78. The molecule has 0 unspecified atom stereocenters. The lowest BCUT2D eigenvalue weighted by Crippen LogP contribution is -2.10. The molecule has 1 aliphatic heterocycles. The standard InChI is InChI=1S/C33H26N4O3/c1-40-33(39)24-14-17-27-28(19-24)37-32(38)29(27)30(22-10-6-3-7-11-22)35-25-15-12-23(13-16-25)31-34-20-26(36-31)18-21-8-4-2-5-9-21/h2-17,19-20,35H,18H2,1H3,(H,34,36)(H,37,38)/b30-29-. The Balaban J connectivity index is 1.30. The summed E-state index contributed by atoms with van der Waals surface area (Å²) in [4.78, 5) is 33.3. The fraction of sp³-hybridized carbons (Fsp3) is 0.0606. The number of benzene rings is 4. The highest BCUT2D eigenvalue weighted by Gasteiger charge is 2.29. The number of ether oxygens (including phenoxy) is 1. The summed E-state index contributed by atoms with van der Waals surface area (Å²) in [6.07, 6.45) is 2.70. The van der Waals surface area contributed by atoms with Crippen molar-refractivity contribution in [3.8, 4) is 11.4 Å². The van der Waals surface area contributed by atoms with Gasteiger partial charge >= 0.3 is 5.97 Å². The molecule has 1 amide bonds. The highest BCUT2D eigenvalue weighted by atomic mass is 16.5. The van der Waals surface area contributed by atoms with E-state index in [9.17, 15) is 9.59 Å². The molecule has 0 saturated heterocycles. The van der Waals surface area contributed by atoms with Gasteiger partial charge in [-0.3, -0.25) is 4.79 Å². The van der Waals surface area contributed by atoms with Gasteiger partial charge in [0.05, 0.1) is 35.3 Å². The smallest absolute Gasteiger partial charge is 0.337 e. The van der Waals surface area contributed by atoms with Crippen LogP contribution in [-0.4, -0.2) is 29.0 Å². The maximum atomic E-state index is 13.2. The molecule has 7 heteroatoms. The van der Waals surface area contributed by atoms with Crippen LogP contribution in [0.5, 0.6) is 0 Å². The van der Waals surface area contributed by atoms with E-state index in [1.807, 2.05) is 79.0 Å². The number of carbonyl (C=O) groups is 2. The van der Waals surface area contributed by atoms with Crippen LogP contribution in [0, 0.1) is 0 Å². The predicted molar refractivity (Wildman–Crippen MR) is 157 cm³/mol. The van der Waals surface area contributed by atoms with Crippen molar-refractivity contribution in [2.24, 2.45) is 0 Å². The van der Waals surface area contributed by atoms with Gasteiger partial charge in [0.25, 0.3) is 5.91 Å². The molecule has 0 atom stereocenters. The number of esters is 1. The first-order valence-electron chi connectivity index (χ1n) is 12.9. The fourth-order valence-electron chi connectivity index (χ4n) is 4.81. The molecule has 40 heavy (non-hydrogen) atoms. The lowest BCUT2D eigenvalue weighted by molar-refractivity contribution is -0.110. The van der Waals surface area contributed by atoms with Gasteiger partial charge < -0.3 is 20.4 Å². The van der Waals surface area contributed by atoms with Gasteiger partial charge in [-0.25, -0.2) is 9.78 Å². The van der Waals surface area contributed by atoms with E-state index in [1.165, 1.54) is 12.7 Å². The second kappa shape index (κ2) is 10.7. The van der Waals surface area contributed by atoms with E-state index in [2.05, 4.69) is 27.8 Å². The molecule has 0 spiro atoms. The SMILES string of the molecule is COC(=O)c1ccc2c(c1)NC(=O)/C2=C(\Nc1ccc(-c2nc(Cc3ccccc3)c[nH]2)cc1)c1ccccc1. The molecule has 0 saturated carbocycles. The number of rotatable bonds is 7. The first kappa shape index (κ1) is 24.9. The highest BCUT2D eigenvalue weighted by Crippen LogP contribution is 2.38. The predicted octanol–water partition coefficient (Wildman–Crippen LogP) is 6.39. The molecular formula is C33H26N4O3. The molecule has 5 aromatic rings. The largest absolute Gasteiger partial charge is 0.465 e. The minimum atomic E-state index is -0.459. The number of amides is 1. The highest BCUT2D eigenvalue weighted by molar-refractivity contribution is 6.37. The van der Waals surface area contributed by atoms with Gasteiger partial charge in [0.1, 0.15) is 5.82 Å². The number of fused-ring (bicyclic) bond motifs is 1. The number of methoxy groups -OCH3 is 1. The zero-order valence-electron chi connectivity index (χ0n) is 21.8. The molecule has 2 heterocycles. The van der Waals surface area contributed by atoms with Crippen molar-refractivity contribution >= 4 is 34.5 Å². The van der Waals surface area contributed by atoms with Crippen LogP contribution in [0.15, 0.2) is 109 Å². The Morgan fingerprint density at radius 1 is 0.875 bits per heavy atom. The first-order valence-corrected chi connectivity index (χ1v) is 12.9. The van der Waals surface area contributed by atoms with E-state index >= 15 is 0 Å². The molecule has 7 nitrogen and oxygen atoms in total. The molecule has 1 aliphatic rings. The molecule has 196 valence electrons. The number of nitrogens with zero attached hydrogens (tertiary/aromatic N) is 1. The van der Waals surface area contributed by atoms with Crippen LogP contribution in [0.1, 0.15) is 32.7 Å². The van der Waals surface area contributed by atoms with Crippen molar-refractivity contribution in [2.75, 3.05) is 17.7 Å². The van der Waals surface area contributed by atoms with Crippen molar-refractivity contribution in [1.29, 1.82) is 0 Å². The third-order valence-corrected chi connectivity index (χ3v) is 6.78. The van der Waals surface area contributed by atoms with Crippen molar-refractivity contribution in [1.82, 2.24) is 9.97 Å². The van der Waals surface area contributed by atoms with Crippen LogP contribution >= 0.6 is 0 Å². The summed E-state index contributed by atoms with van der Waals surface area (Å²) in [6, 6.07) is 32.9. The van der Waals surface area contributed by atoms with E-state index in [0.717, 1.165) is 34.8 Å². The van der Waals surface area contributed by atoms with Gasteiger partial charge in [-0.05, 0) is 47.5 Å². The first-order chi connectivity index (χ1) is 19.6. The number of carbonyl (C=O) groups excluding carboxylic acids is 2. The van der Waals surface area contributed by atoms with Gasteiger partial charge in [-0.2, -0.15) is 0 Å². The lowest BCUT2D eigenvalue weighted by atomic mass is 9.99. The minimum absolute atomic E-state index is 0.249. The number of aromatic amines is 1. The second-order valence-corrected chi connectivity index (χ2v) is 9.43. The summed E-state index contributed by atoms with van der Waals surface area (Å²) in [5.41, 5.74) is 7.63. The van der Waals surface area contributed by atoms with Crippen molar-refractivity contribution < 1.29 is 14.3 Å². The number of H-pyrrole nitrogens is 1. The number of hydrogen-bond acceptors (Lipinski definition) is 5. The van der Waals surface area contributed by atoms with E-state index in [0.29, 0.717) is 28.1 Å². The monoisotopic (exact) mass is 526 g/mol. The summed E-state index contributed by atoms with van der Waals surface area (Å²) in [6.45, 7) is 0. The van der Waals surface area contributed by atoms with Crippen LogP contribution in [0.2, 0.25) is 0 Å². The van der Waals surface area contributed by atoms with Gasteiger partial charge in [0.2, 0.25) is 0 Å². The van der Waals surface area contributed by atoms with E-state index in [-0.39, 0.29) is 5.91 Å². The summed E-state index contributed by atoms with van der Waals surface area (Å²) in [5, 5.41) is 6.37. The number of hydrogen-bond donors (Lipinski definition) is 3. The molecule has 3 N–H and O–H groups in total. The topological polar surface area (TPSA) is 96.1 Å². The van der Waals surface area contributed by atoms with Crippen LogP contribution in [0.3, 0.4) is 0 Å². The van der Waals surface area contributed by atoms with Gasteiger partial charge in [0, 0.05) is 29.4 Å². The molecule has 4 aromatic carbocycles. The Morgan fingerprint density at radius 3 is 2.33 bits per heavy atom. The number of nitrogens with one attached hydrogen (secondary N) is 3. The molecule has 6 rings (SSSR count). The number of imidazole rings is 1. The average molecular weight is 527 g/mol. The van der Waals surface area contributed by atoms with Crippen LogP contribution in [0.4, 0.5) is 11.4 Å². The summed E-state index contributed by atoms with van der Waals surface area (Å²) < 4.78 is 4.83. The molecule has 0 aliphatic carbocycles. The minimum Gasteiger partial charge on any atom is -0.465 e. The van der Waals surface area contributed by atoms with E-state index < -0.39 is 5.97 Å². The van der Waals surface area contributed by atoms with Crippen molar-refractivity contribution in [3.05, 3.63) is 137 Å². The normalized spacial score (nSPS) is 13.4. The Hall–Kier alpha value is -5.43. The molecule has 0 radical (unpaired) electrons. The fourth-order valence-corrected chi connectivity index (χ4v) is 4.81. The Labute approximate surface area is 231 Å².